The molecule has 3 heterocycles. The summed E-state index contributed by atoms with van der Waals surface area (Å²) >= 11 is 5.96. The van der Waals surface area contributed by atoms with Crippen molar-refractivity contribution in [1.82, 2.24) is 14.8 Å². The first kappa shape index (κ1) is 13.7. The van der Waals surface area contributed by atoms with Gasteiger partial charge in [-0.2, -0.15) is 5.10 Å². The summed E-state index contributed by atoms with van der Waals surface area (Å²) in [5, 5.41) is 4.21. The molecular weight excluding hydrogens is 285 g/mol. The lowest BCUT2D eigenvalue weighted by Gasteiger charge is -2.22. The monoisotopic (exact) mass is 299 g/mol. The second-order valence-corrected chi connectivity index (χ2v) is 5.07. The Morgan fingerprint density at radius 2 is 2.35 bits per heavy atom. The summed E-state index contributed by atoms with van der Waals surface area (Å²) in [6.07, 6.45) is 5.65. The molecular formula is C13H15ClFN3O2. The Bertz CT molecular complexity index is 599. The molecule has 0 bridgehead atoms. The Labute approximate surface area is 120 Å². The van der Waals surface area contributed by atoms with Crippen molar-refractivity contribution < 1.29 is 13.9 Å². The van der Waals surface area contributed by atoms with Gasteiger partial charge in [0.05, 0.1) is 25.5 Å². The molecule has 0 spiro atoms. The van der Waals surface area contributed by atoms with E-state index < -0.39 is 5.82 Å². The summed E-state index contributed by atoms with van der Waals surface area (Å²) in [6, 6.07) is 0. The fourth-order valence-electron chi connectivity index (χ4n) is 2.27. The highest BCUT2D eigenvalue weighted by atomic mass is 35.5. The highest BCUT2D eigenvalue weighted by Crippen LogP contribution is 2.24. The van der Waals surface area contributed by atoms with Gasteiger partial charge in [-0.1, -0.05) is 11.6 Å². The molecule has 0 aromatic carbocycles. The van der Waals surface area contributed by atoms with Crippen molar-refractivity contribution in [3.63, 3.8) is 0 Å². The van der Waals surface area contributed by atoms with Crippen molar-refractivity contribution in [2.75, 3.05) is 13.2 Å². The Morgan fingerprint density at radius 1 is 1.45 bits per heavy atom. The van der Waals surface area contributed by atoms with Gasteiger partial charge in [0.25, 0.3) is 0 Å². The number of hydrogen-bond acceptors (Lipinski definition) is 4. The third-order valence-corrected chi connectivity index (χ3v) is 3.66. The van der Waals surface area contributed by atoms with E-state index in [0.717, 1.165) is 32.1 Å². The van der Waals surface area contributed by atoms with Crippen LogP contribution >= 0.6 is 11.6 Å². The summed E-state index contributed by atoms with van der Waals surface area (Å²) in [5.74, 6) is -0.544. The van der Waals surface area contributed by atoms with Gasteiger partial charge in [0.1, 0.15) is 16.1 Å². The van der Waals surface area contributed by atoms with Crippen molar-refractivity contribution in [2.24, 2.45) is 0 Å². The van der Waals surface area contributed by atoms with E-state index in [9.17, 15) is 4.39 Å². The van der Waals surface area contributed by atoms with Gasteiger partial charge >= 0.3 is 0 Å². The number of hydrogen-bond donors (Lipinski definition) is 0. The van der Waals surface area contributed by atoms with Crippen molar-refractivity contribution in [3.05, 3.63) is 23.2 Å². The predicted molar refractivity (Wildman–Crippen MR) is 72.0 cm³/mol. The lowest BCUT2D eigenvalue weighted by atomic mass is 10.2. The zero-order chi connectivity index (χ0) is 13.9. The smallest absolute Gasteiger partial charge is 0.162 e. The lowest BCUT2D eigenvalue weighted by molar-refractivity contribution is -0.163. The largest absolute Gasteiger partial charge is 0.353 e. The predicted octanol–water partition coefficient (Wildman–Crippen LogP) is 2.77. The molecule has 1 saturated heterocycles. The van der Waals surface area contributed by atoms with Crippen LogP contribution in [-0.4, -0.2) is 34.3 Å². The minimum Gasteiger partial charge on any atom is -0.353 e. The molecule has 108 valence electrons. The molecule has 0 N–H and O–H groups in total. The summed E-state index contributed by atoms with van der Waals surface area (Å²) in [5.41, 5.74) is 1.07. The van der Waals surface area contributed by atoms with E-state index >= 15 is 0 Å². The molecule has 1 fully saturated rings. The Balaban J connectivity index is 1.67. The van der Waals surface area contributed by atoms with Crippen molar-refractivity contribution in [1.29, 1.82) is 0 Å². The van der Waals surface area contributed by atoms with E-state index in [0.29, 0.717) is 24.2 Å². The SMILES string of the molecule is Fc1cnc2cnn(CCOC3CCCCO3)c2c1Cl. The van der Waals surface area contributed by atoms with E-state index in [2.05, 4.69) is 10.1 Å². The maximum Gasteiger partial charge on any atom is 0.162 e. The summed E-state index contributed by atoms with van der Waals surface area (Å²) < 4.78 is 26.2. The van der Waals surface area contributed by atoms with Crippen LogP contribution in [0.2, 0.25) is 5.02 Å². The number of pyridine rings is 1. The first-order valence-electron chi connectivity index (χ1n) is 6.64. The molecule has 3 rings (SSSR count). The van der Waals surface area contributed by atoms with Crippen molar-refractivity contribution >= 4 is 22.6 Å². The van der Waals surface area contributed by atoms with Gasteiger partial charge in [-0.3, -0.25) is 4.68 Å². The lowest BCUT2D eigenvalue weighted by Crippen LogP contribution is -2.24. The molecule has 1 aliphatic rings. The molecule has 7 heteroatoms. The quantitative estimate of drug-likeness (QED) is 0.871. The summed E-state index contributed by atoms with van der Waals surface area (Å²) in [7, 11) is 0. The third-order valence-electron chi connectivity index (χ3n) is 3.30. The first-order valence-corrected chi connectivity index (χ1v) is 7.02. The molecule has 5 nitrogen and oxygen atoms in total. The molecule has 1 atom stereocenters. The minimum atomic E-state index is -0.544. The van der Waals surface area contributed by atoms with Gasteiger partial charge in [-0.05, 0) is 19.3 Å². The van der Waals surface area contributed by atoms with Crippen molar-refractivity contribution in [3.8, 4) is 0 Å². The molecule has 0 radical (unpaired) electrons. The van der Waals surface area contributed by atoms with Crippen LogP contribution in [0.15, 0.2) is 12.4 Å². The number of rotatable bonds is 4. The van der Waals surface area contributed by atoms with Crippen molar-refractivity contribution in [2.45, 2.75) is 32.1 Å². The molecule has 2 aromatic rings. The van der Waals surface area contributed by atoms with Gasteiger partial charge < -0.3 is 9.47 Å². The van der Waals surface area contributed by atoms with Gasteiger partial charge in [0.2, 0.25) is 0 Å². The molecule has 2 aromatic heterocycles. The highest BCUT2D eigenvalue weighted by Gasteiger charge is 2.15. The van der Waals surface area contributed by atoms with Crippen LogP contribution in [0.5, 0.6) is 0 Å². The highest BCUT2D eigenvalue weighted by molar-refractivity contribution is 6.35. The third kappa shape index (κ3) is 2.77. The molecule has 1 aliphatic heterocycles. The van der Waals surface area contributed by atoms with Gasteiger partial charge in [0, 0.05) is 6.61 Å². The topological polar surface area (TPSA) is 49.2 Å². The van der Waals surface area contributed by atoms with E-state index in [1.165, 1.54) is 0 Å². The molecule has 1 unspecified atom stereocenters. The zero-order valence-electron chi connectivity index (χ0n) is 10.9. The van der Waals surface area contributed by atoms with Gasteiger partial charge in [-0.25, -0.2) is 9.37 Å². The van der Waals surface area contributed by atoms with Crippen LogP contribution in [0.25, 0.3) is 11.0 Å². The fourth-order valence-corrected chi connectivity index (χ4v) is 2.52. The van der Waals surface area contributed by atoms with Crippen LogP contribution < -0.4 is 0 Å². The molecule has 0 saturated carbocycles. The van der Waals surface area contributed by atoms with E-state index in [1.807, 2.05) is 0 Å². The number of aromatic nitrogens is 3. The Morgan fingerprint density at radius 3 is 3.15 bits per heavy atom. The van der Waals surface area contributed by atoms with Crippen LogP contribution in [-0.2, 0) is 16.0 Å². The number of halogens is 2. The molecule has 20 heavy (non-hydrogen) atoms. The second kappa shape index (κ2) is 6.03. The molecule has 0 amide bonds. The molecule has 0 aliphatic carbocycles. The average molecular weight is 300 g/mol. The maximum absolute atomic E-state index is 13.4. The minimum absolute atomic E-state index is 0.0430. The average Bonchev–Trinajstić information content (AvgIpc) is 2.88. The Kier molecular flexibility index (Phi) is 4.14. The second-order valence-electron chi connectivity index (χ2n) is 4.69. The first-order chi connectivity index (χ1) is 9.75. The van der Waals surface area contributed by atoms with E-state index in [-0.39, 0.29) is 11.3 Å². The fraction of sp³-hybridized carbons (Fsp3) is 0.538. The van der Waals surface area contributed by atoms with Gasteiger partial charge in [-0.15, -0.1) is 0 Å². The van der Waals surface area contributed by atoms with E-state index in [4.69, 9.17) is 21.1 Å². The maximum atomic E-state index is 13.4. The number of nitrogens with zero attached hydrogens (tertiary/aromatic N) is 3. The number of fused-ring (bicyclic) bond motifs is 1. The normalized spacial score (nSPS) is 19.6. The Hall–Kier alpha value is -1.24. The van der Waals surface area contributed by atoms with Crippen LogP contribution in [0.3, 0.4) is 0 Å². The number of ether oxygens (including phenoxy) is 2. The van der Waals surface area contributed by atoms with Crippen LogP contribution in [0, 0.1) is 5.82 Å². The standard InChI is InChI=1S/C13H15ClFN3O2/c14-12-9(15)7-16-10-8-17-18(13(10)12)4-6-20-11-3-1-2-5-19-11/h7-8,11H,1-6H2. The summed E-state index contributed by atoms with van der Waals surface area (Å²) in [4.78, 5) is 3.95. The van der Waals surface area contributed by atoms with Crippen LogP contribution in [0.1, 0.15) is 19.3 Å². The van der Waals surface area contributed by atoms with E-state index in [1.54, 1.807) is 10.9 Å². The van der Waals surface area contributed by atoms with Crippen LogP contribution in [0.4, 0.5) is 4.39 Å². The summed E-state index contributed by atoms with van der Waals surface area (Å²) in [6.45, 7) is 1.67. The zero-order valence-corrected chi connectivity index (χ0v) is 11.6. The van der Waals surface area contributed by atoms with Gasteiger partial charge in [0.15, 0.2) is 12.1 Å².